The first-order chi connectivity index (χ1) is 25.1. The zero-order valence-electron chi connectivity index (χ0n) is 30.7. The molecular formula is C44H46N4O4-2. The molecule has 1 aliphatic rings. The Bertz CT molecular complexity index is 2170. The fourth-order valence-electron chi connectivity index (χ4n) is 8.51. The zero-order chi connectivity index (χ0) is 36.8. The summed E-state index contributed by atoms with van der Waals surface area (Å²) in [5.74, 6) is -2.43. The van der Waals surface area contributed by atoms with Crippen molar-refractivity contribution in [2.45, 2.75) is 65.6 Å². The van der Waals surface area contributed by atoms with Gasteiger partial charge in [-0.05, 0) is 119 Å². The molecule has 2 N–H and O–H groups in total. The van der Waals surface area contributed by atoms with E-state index in [1.165, 1.54) is 13.8 Å². The smallest absolute Gasteiger partial charge is 0.221 e. The van der Waals surface area contributed by atoms with Crippen molar-refractivity contribution in [2.75, 3.05) is 46.6 Å². The molecule has 7 rings (SSSR count). The topological polar surface area (TPSA) is 111 Å². The minimum atomic E-state index is -1.34. The molecule has 6 aromatic rings. The molecule has 0 radical (unpaired) electrons. The molecule has 1 aliphatic carbocycles. The first kappa shape index (κ1) is 35.2. The van der Waals surface area contributed by atoms with Crippen LogP contribution in [0.2, 0.25) is 0 Å². The van der Waals surface area contributed by atoms with Crippen molar-refractivity contribution >= 4 is 77.7 Å². The fourth-order valence-corrected chi connectivity index (χ4v) is 8.51. The molecule has 0 spiro atoms. The Labute approximate surface area is 305 Å². The molecule has 8 heteroatoms. The summed E-state index contributed by atoms with van der Waals surface area (Å²) < 4.78 is 0. The average Bonchev–Trinajstić information content (AvgIpc) is 3.13. The van der Waals surface area contributed by atoms with Crippen molar-refractivity contribution in [3.8, 4) is 0 Å². The second kappa shape index (κ2) is 14.1. The number of hydrogen-bond acceptors (Lipinski definition) is 6. The molecular weight excluding hydrogens is 649 g/mol. The maximum atomic E-state index is 15.0. The number of nitrogens with one attached hydrogen (secondary N) is 2. The molecule has 52 heavy (non-hydrogen) atoms. The number of nitrogens with zero attached hydrogens (tertiary/aromatic N) is 2. The van der Waals surface area contributed by atoms with Gasteiger partial charge in [0, 0.05) is 73.5 Å². The van der Waals surface area contributed by atoms with Crippen molar-refractivity contribution in [3.63, 3.8) is 0 Å². The number of hydrogen-bond donors (Lipinski definition) is 2. The van der Waals surface area contributed by atoms with E-state index in [0.717, 1.165) is 80.6 Å². The minimum Gasteiger partial charge on any atom is -0.851 e. The van der Waals surface area contributed by atoms with Crippen molar-refractivity contribution in [2.24, 2.45) is 0 Å². The number of carbonyl (C=O) groups excluding carboxylic acids is 2. The van der Waals surface area contributed by atoms with Crippen LogP contribution in [0.1, 0.15) is 64.5 Å². The van der Waals surface area contributed by atoms with E-state index in [1.807, 2.05) is 48.5 Å². The summed E-state index contributed by atoms with van der Waals surface area (Å²) in [4.78, 5) is 29.9. The molecule has 0 heterocycles. The Morgan fingerprint density at radius 2 is 0.846 bits per heavy atom. The maximum absolute atomic E-state index is 15.0. The molecule has 2 amide bonds. The molecule has 268 valence electrons. The summed E-state index contributed by atoms with van der Waals surface area (Å²) in [6, 6.07) is 28.4. The number of fused-ring (bicyclic) bond motifs is 4. The summed E-state index contributed by atoms with van der Waals surface area (Å²) in [7, 11) is 0. The van der Waals surface area contributed by atoms with Gasteiger partial charge in [-0.3, -0.25) is 9.59 Å². The monoisotopic (exact) mass is 694 g/mol. The SMILES string of the molecule is CCN(CC)c1cc(NC(C)=O)c(C2C([O-])C(c3c(NC(C)=O)cc(N(CC)CC)c4cc5ccccc5cc34)C2[O-])c2cc3ccccc3cc12. The van der Waals surface area contributed by atoms with Crippen LogP contribution in [-0.2, 0) is 9.59 Å². The number of amides is 2. The molecule has 1 saturated carbocycles. The standard InChI is InChI=1S/C44H46N4O4/c1-7-47(8-2)37-23-35(45-25(5)49)39(33-21-29-17-13-11-15-27(29)19-31(33)37)41-43(51)42(44(41)52)40-34-22-30-18-14-12-16-28(30)20-32(34)38(48(9-3)10-4)24-36(40)46-26(6)50/h11-24,41-44H,7-10H2,1-6H3,(H,45,49)(H,46,50)/q-2. The predicted molar refractivity (Wildman–Crippen MR) is 212 cm³/mol. The van der Waals surface area contributed by atoms with Gasteiger partial charge < -0.3 is 30.6 Å². The Balaban J connectivity index is 1.48. The Morgan fingerprint density at radius 1 is 0.538 bits per heavy atom. The van der Waals surface area contributed by atoms with Crippen LogP contribution >= 0.6 is 0 Å². The third-order valence-electron chi connectivity index (χ3n) is 11.0. The second-order valence-corrected chi connectivity index (χ2v) is 13.9. The average molecular weight is 695 g/mol. The lowest BCUT2D eigenvalue weighted by Gasteiger charge is -2.62. The quantitative estimate of drug-likeness (QED) is 0.146. The lowest BCUT2D eigenvalue weighted by molar-refractivity contribution is -0.535. The van der Waals surface area contributed by atoms with Crippen molar-refractivity contribution in [1.29, 1.82) is 0 Å². The van der Waals surface area contributed by atoms with Crippen molar-refractivity contribution in [3.05, 3.63) is 96.1 Å². The third-order valence-corrected chi connectivity index (χ3v) is 11.0. The van der Waals surface area contributed by atoms with E-state index in [2.05, 4.69) is 84.5 Å². The lowest BCUT2D eigenvalue weighted by Crippen LogP contribution is -2.64. The third kappa shape index (κ3) is 5.90. The second-order valence-electron chi connectivity index (χ2n) is 13.9. The molecule has 6 aromatic carbocycles. The lowest BCUT2D eigenvalue weighted by atomic mass is 9.61. The molecule has 1 fully saturated rings. The molecule has 0 unspecified atom stereocenters. The van der Waals surface area contributed by atoms with Crippen LogP contribution < -0.4 is 30.6 Å². The van der Waals surface area contributed by atoms with E-state index in [-0.39, 0.29) is 11.8 Å². The molecule has 0 atom stereocenters. The van der Waals surface area contributed by atoms with Crippen LogP contribution in [0.3, 0.4) is 0 Å². The van der Waals surface area contributed by atoms with Gasteiger partial charge in [0.05, 0.1) is 0 Å². The van der Waals surface area contributed by atoms with Gasteiger partial charge in [-0.15, -0.1) is 12.2 Å². The van der Waals surface area contributed by atoms with Crippen LogP contribution in [0.25, 0.3) is 43.1 Å². The first-order valence-electron chi connectivity index (χ1n) is 18.4. The van der Waals surface area contributed by atoms with Gasteiger partial charge in [0.15, 0.2) is 0 Å². The number of benzene rings is 6. The van der Waals surface area contributed by atoms with Gasteiger partial charge in [0.2, 0.25) is 11.8 Å². The molecule has 8 nitrogen and oxygen atoms in total. The van der Waals surface area contributed by atoms with Crippen LogP contribution in [0.4, 0.5) is 22.7 Å². The summed E-state index contributed by atoms with van der Waals surface area (Å²) >= 11 is 0. The van der Waals surface area contributed by atoms with E-state index < -0.39 is 24.0 Å². The zero-order valence-corrected chi connectivity index (χ0v) is 30.7. The molecule has 0 bridgehead atoms. The fraction of sp³-hybridized carbons (Fsp3) is 0.318. The highest BCUT2D eigenvalue weighted by molar-refractivity contribution is 6.11. The molecule has 0 aromatic heterocycles. The summed E-state index contributed by atoms with van der Waals surface area (Å²) in [6.45, 7) is 14.2. The highest BCUT2D eigenvalue weighted by atomic mass is 16.3. The summed E-state index contributed by atoms with van der Waals surface area (Å²) in [6.07, 6.45) is -2.68. The van der Waals surface area contributed by atoms with E-state index >= 15 is 0 Å². The predicted octanol–water partition coefficient (Wildman–Crippen LogP) is 7.25. The van der Waals surface area contributed by atoms with E-state index in [9.17, 15) is 19.8 Å². The van der Waals surface area contributed by atoms with Gasteiger partial charge in [0.1, 0.15) is 0 Å². The number of carbonyl (C=O) groups is 2. The summed E-state index contributed by atoms with van der Waals surface area (Å²) in [5, 5.41) is 43.5. The molecule has 0 aliphatic heterocycles. The van der Waals surface area contributed by atoms with Crippen molar-refractivity contribution < 1.29 is 19.8 Å². The summed E-state index contributed by atoms with van der Waals surface area (Å²) in [5.41, 5.74) is 4.04. The van der Waals surface area contributed by atoms with E-state index in [1.54, 1.807) is 0 Å². The Hall–Kier alpha value is -5.18. The largest absolute Gasteiger partial charge is 0.851 e. The molecule has 0 saturated heterocycles. The Morgan fingerprint density at radius 3 is 1.13 bits per heavy atom. The van der Waals surface area contributed by atoms with Crippen LogP contribution in [0.5, 0.6) is 0 Å². The van der Waals surface area contributed by atoms with Crippen LogP contribution in [0.15, 0.2) is 84.9 Å². The number of anilines is 4. The normalized spacial score (nSPS) is 18.5. The Kier molecular flexibility index (Phi) is 9.55. The van der Waals surface area contributed by atoms with Gasteiger partial charge in [-0.1, -0.05) is 48.5 Å². The van der Waals surface area contributed by atoms with Gasteiger partial charge in [-0.25, -0.2) is 0 Å². The first-order valence-corrected chi connectivity index (χ1v) is 18.4. The van der Waals surface area contributed by atoms with Gasteiger partial charge in [-0.2, -0.15) is 0 Å². The van der Waals surface area contributed by atoms with Crippen LogP contribution in [-0.4, -0.2) is 50.2 Å². The van der Waals surface area contributed by atoms with Gasteiger partial charge >= 0.3 is 0 Å². The highest BCUT2D eigenvalue weighted by Crippen LogP contribution is 2.54. The highest BCUT2D eigenvalue weighted by Gasteiger charge is 2.43. The maximum Gasteiger partial charge on any atom is 0.221 e. The number of rotatable bonds is 10. The minimum absolute atomic E-state index is 0.273. The van der Waals surface area contributed by atoms with Crippen LogP contribution in [0, 0.1) is 0 Å². The van der Waals surface area contributed by atoms with Gasteiger partial charge in [0.25, 0.3) is 0 Å². The van der Waals surface area contributed by atoms with E-state index in [0.29, 0.717) is 22.5 Å². The van der Waals surface area contributed by atoms with E-state index in [4.69, 9.17) is 0 Å². The van der Waals surface area contributed by atoms with Crippen molar-refractivity contribution in [1.82, 2.24) is 0 Å².